The zero-order chi connectivity index (χ0) is 17.7. The van der Waals surface area contributed by atoms with Crippen molar-refractivity contribution in [1.82, 2.24) is 15.8 Å². The van der Waals surface area contributed by atoms with Gasteiger partial charge in [0.25, 0.3) is 0 Å². The molecule has 1 saturated heterocycles. The van der Waals surface area contributed by atoms with Gasteiger partial charge in [-0.15, -0.1) is 0 Å². The molecule has 1 heterocycles. The third-order valence-corrected chi connectivity index (χ3v) is 3.15. The van der Waals surface area contributed by atoms with Crippen molar-refractivity contribution in [1.29, 1.82) is 0 Å². The zero-order valence-electron chi connectivity index (χ0n) is 15.2. The highest BCUT2D eigenvalue weighted by Crippen LogP contribution is 2.18. The number of nitrogens with zero attached hydrogens (tertiary/aromatic N) is 1. The minimum atomic E-state index is -0.524. The van der Waals surface area contributed by atoms with Crippen molar-refractivity contribution in [3.05, 3.63) is 0 Å². The monoisotopic (exact) mass is 329 g/mol. The molecule has 0 aromatic heterocycles. The largest absolute Gasteiger partial charge is 0.444 e. The molecule has 7 nitrogen and oxygen atoms in total. The van der Waals surface area contributed by atoms with E-state index in [-0.39, 0.29) is 12.0 Å². The van der Waals surface area contributed by atoms with Crippen LogP contribution in [0.15, 0.2) is 0 Å². The van der Waals surface area contributed by atoms with Crippen LogP contribution in [0.25, 0.3) is 0 Å². The second-order valence-corrected chi connectivity index (χ2v) is 7.94. The second-order valence-electron chi connectivity index (χ2n) is 7.94. The third-order valence-electron chi connectivity index (χ3n) is 3.15. The fourth-order valence-corrected chi connectivity index (χ4v) is 2.30. The normalized spacial score (nSPS) is 19.2. The highest BCUT2D eigenvalue weighted by molar-refractivity contribution is 5.68. The molecule has 1 atom stereocenters. The molecule has 1 rings (SSSR count). The third kappa shape index (κ3) is 8.64. The van der Waals surface area contributed by atoms with Crippen molar-refractivity contribution in [3.63, 3.8) is 0 Å². The molecule has 0 aliphatic carbocycles. The number of hydrazine groups is 1. The van der Waals surface area contributed by atoms with Crippen molar-refractivity contribution in [2.75, 3.05) is 19.6 Å². The van der Waals surface area contributed by atoms with E-state index in [0.29, 0.717) is 19.6 Å². The van der Waals surface area contributed by atoms with Crippen LogP contribution in [-0.4, -0.2) is 47.9 Å². The maximum Gasteiger partial charge on any atom is 0.422 e. The lowest BCUT2D eigenvalue weighted by atomic mass is 9.98. The van der Waals surface area contributed by atoms with E-state index in [1.807, 2.05) is 41.5 Å². The number of hydrogen-bond acceptors (Lipinski definition) is 5. The number of nitrogens with one attached hydrogen (secondary N) is 2. The quantitative estimate of drug-likeness (QED) is 0.778. The van der Waals surface area contributed by atoms with Crippen LogP contribution in [0.3, 0.4) is 0 Å². The van der Waals surface area contributed by atoms with Gasteiger partial charge in [0.15, 0.2) is 0 Å². The number of piperidine rings is 1. The summed E-state index contributed by atoms with van der Waals surface area (Å²) < 4.78 is 10.5. The first kappa shape index (κ1) is 19.5. The molecule has 1 fully saturated rings. The number of ether oxygens (including phenoxy) is 2. The van der Waals surface area contributed by atoms with E-state index in [4.69, 9.17) is 9.47 Å². The fraction of sp³-hybridized carbons (Fsp3) is 0.875. The maximum atomic E-state index is 12.1. The van der Waals surface area contributed by atoms with E-state index >= 15 is 0 Å². The molecule has 2 amide bonds. The minimum Gasteiger partial charge on any atom is -0.444 e. The van der Waals surface area contributed by atoms with E-state index in [0.717, 1.165) is 12.8 Å². The first-order valence-electron chi connectivity index (χ1n) is 8.16. The molecule has 134 valence electrons. The Balaban J connectivity index is 2.33. The first-order chi connectivity index (χ1) is 10.5. The van der Waals surface area contributed by atoms with Crippen molar-refractivity contribution < 1.29 is 19.1 Å². The Morgan fingerprint density at radius 2 is 1.70 bits per heavy atom. The smallest absolute Gasteiger partial charge is 0.422 e. The van der Waals surface area contributed by atoms with E-state index in [2.05, 4.69) is 10.9 Å². The van der Waals surface area contributed by atoms with Gasteiger partial charge in [-0.1, -0.05) is 0 Å². The van der Waals surface area contributed by atoms with Crippen LogP contribution in [0.5, 0.6) is 0 Å². The van der Waals surface area contributed by atoms with Gasteiger partial charge in [-0.25, -0.2) is 15.0 Å². The molecule has 0 spiro atoms. The summed E-state index contributed by atoms with van der Waals surface area (Å²) in [6.07, 6.45) is 1.15. The molecule has 1 unspecified atom stereocenters. The fourth-order valence-electron chi connectivity index (χ4n) is 2.30. The SMILES string of the molecule is CC(C)(C)OC(=O)NNCC1CCCN(C(=O)OC(C)(C)C)C1. The highest BCUT2D eigenvalue weighted by Gasteiger charge is 2.27. The van der Waals surface area contributed by atoms with Gasteiger partial charge in [-0.3, -0.25) is 5.43 Å². The second kappa shape index (κ2) is 7.86. The van der Waals surface area contributed by atoms with E-state index in [9.17, 15) is 9.59 Å². The summed E-state index contributed by atoms with van der Waals surface area (Å²) in [6.45, 7) is 12.9. The van der Waals surface area contributed by atoms with Crippen molar-refractivity contribution in [2.24, 2.45) is 5.92 Å². The molecular weight excluding hydrogens is 298 g/mol. The molecule has 1 aliphatic heterocycles. The van der Waals surface area contributed by atoms with Crippen molar-refractivity contribution in [3.8, 4) is 0 Å². The first-order valence-corrected chi connectivity index (χ1v) is 8.16. The van der Waals surface area contributed by atoms with E-state index in [1.54, 1.807) is 4.90 Å². The Bertz CT molecular complexity index is 413. The van der Waals surface area contributed by atoms with Crippen LogP contribution in [0.1, 0.15) is 54.4 Å². The summed E-state index contributed by atoms with van der Waals surface area (Å²) >= 11 is 0. The van der Waals surface area contributed by atoms with Gasteiger partial charge in [-0.05, 0) is 60.3 Å². The summed E-state index contributed by atoms with van der Waals surface area (Å²) in [5.41, 5.74) is 4.40. The number of rotatable bonds is 3. The van der Waals surface area contributed by atoms with Crippen molar-refractivity contribution >= 4 is 12.2 Å². The minimum absolute atomic E-state index is 0.270. The van der Waals surface area contributed by atoms with Crippen LogP contribution >= 0.6 is 0 Å². The zero-order valence-corrected chi connectivity index (χ0v) is 15.2. The van der Waals surface area contributed by atoms with Crippen LogP contribution in [0.4, 0.5) is 9.59 Å². The number of hydrogen-bond donors (Lipinski definition) is 2. The van der Waals surface area contributed by atoms with Gasteiger partial charge in [0.2, 0.25) is 0 Å². The summed E-state index contributed by atoms with van der Waals surface area (Å²) in [4.78, 5) is 25.4. The van der Waals surface area contributed by atoms with Crippen LogP contribution in [0.2, 0.25) is 0 Å². The van der Waals surface area contributed by atoms with Crippen LogP contribution in [-0.2, 0) is 9.47 Å². The number of carbonyl (C=O) groups is 2. The topological polar surface area (TPSA) is 79.9 Å². The van der Waals surface area contributed by atoms with Gasteiger partial charge in [-0.2, -0.15) is 0 Å². The maximum absolute atomic E-state index is 12.1. The molecule has 1 aliphatic rings. The van der Waals surface area contributed by atoms with Gasteiger partial charge in [0.1, 0.15) is 11.2 Å². The summed E-state index contributed by atoms with van der Waals surface area (Å²) in [5, 5.41) is 0. The Hall–Kier alpha value is -1.50. The molecule has 0 aromatic carbocycles. The Morgan fingerprint density at radius 3 is 2.26 bits per heavy atom. The lowest BCUT2D eigenvalue weighted by Gasteiger charge is -2.34. The average molecular weight is 329 g/mol. The van der Waals surface area contributed by atoms with E-state index in [1.165, 1.54) is 0 Å². The molecule has 0 saturated carbocycles. The molecule has 0 bridgehead atoms. The summed E-state index contributed by atoms with van der Waals surface area (Å²) in [7, 11) is 0. The molecule has 0 radical (unpaired) electrons. The Kier molecular flexibility index (Phi) is 6.68. The number of carbonyl (C=O) groups excluding carboxylic acids is 2. The van der Waals surface area contributed by atoms with Crippen LogP contribution < -0.4 is 10.9 Å². The Labute approximate surface area is 139 Å². The predicted molar refractivity (Wildman–Crippen MR) is 87.9 cm³/mol. The van der Waals surface area contributed by atoms with Gasteiger partial charge in [0, 0.05) is 19.6 Å². The van der Waals surface area contributed by atoms with Gasteiger partial charge < -0.3 is 14.4 Å². The number of likely N-dealkylation sites (tertiary alicyclic amines) is 1. The predicted octanol–water partition coefficient (Wildman–Crippen LogP) is 2.66. The van der Waals surface area contributed by atoms with Gasteiger partial charge in [0.05, 0.1) is 0 Å². The lowest BCUT2D eigenvalue weighted by Crippen LogP contribution is -2.48. The van der Waals surface area contributed by atoms with Crippen molar-refractivity contribution in [2.45, 2.75) is 65.6 Å². The number of amides is 2. The Morgan fingerprint density at radius 1 is 1.09 bits per heavy atom. The summed E-state index contributed by atoms with van der Waals surface area (Å²) in [6, 6.07) is 0. The average Bonchev–Trinajstić information content (AvgIpc) is 2.35. The standard InChI is InChI=1S/C16H31N3O4/c1-15(2,3)22-13(20)18-17-10-12-8-7-9-19(11-12)14(21)23-16(4,5)6/h12,17H,7-11H2,1-6H3,(H,18,20). The molecule has 23 heavy (non-hydrogen) atoms. The summed E-state index contributed by atoms with van der Waals surface area (Å²) in [5.74, 6) is 0.270. The van der Waals surface area contributed by atoms with E-state index < -0.39 is 17.3 Å². The molecular formula is C16H31N3O4. The van der Waals surface area contributed by atoms with Gasteiger partial charge >= 0.3 is 12.2 Å². The lowest BCUT2D eigenvalue weighted by molar-refractivity contribution is 0.0160. The highest BCUT2D eigenvalue weighted by atomic mass is 16.6. The molecule has 0 aromatic rings. The molecule has 2 N–H and O–H groups in total. The molecule has 7 heteroatoms. The van der Waals surface area contributed by atoms with Crippen LogP contribution in [0, 0.1) is 5.92 Å².